The molecule has 0 radical (unpaired) electrons. The number of carbonyl (C=O) groups excluding carboxylic acids is 1. The highest BCUT2D eigenvalue weighted by Crippen LogP contribution is 2.43. The molecule has 1 saturated carbocycles. The minimum absolute atomic E-state index is 0.0230. The molecule has 3 fully saturated rings. The maximum atomic E-state index is 14.2. The van der Waals surface area contributed by atoms with E-state index >= 15 is 0 Å². The third-order valence-corrected chi connectivity index (χ3v) is 8.24. The minimum Gasteiger partial charge on any atom is -0.481 e. The van der Waals surface area contributed by atoms with E-state index in [1.54, 1.807) is 17.0 Å². The van der Waals surface area contributed by atoms with Gasteiger partial charge in [-0.3, -0.25) is 9.59 Å². The number of nitrogens with one attached hydrogen (secondary N) is 1. The van der Waals surface area contributed by atoms with Gasteiger partial charge >= 0.3 is 12.1 Å². The van der Waals surface area contributed by atoms with Gasteiger partial charge in [0.1, 0.15) is 0 Å². The number of rotatable bonds is 4. The SMILES string of the molecule is C[C@H]1CC[C@@H](Nc2ccc3cc(C(=O)N4C5CCC4CC(C(=O)O)C5)ccc3c2C(F)(F)F)CC1. The van der Waals surface area contributed by atoms with Crippen molar-refractivity contribution in [3.05, 3.63) is 41.5 Å². The zero-order valence-corrected chi connectivity index (χ0v) is 19.8. The highest BCUT2D eigenvalue weighted by atomic mass is 19.4. The van der Waals surface area contributed by atoms with Gasteiger partial charge in [0.25, 0.3) is 5.91 Å². The number of anilines is 1. The zero-order chi connectivity index (χ0) is 24.9. The molecule has 2 bridgehead atoms. The van der Waals surface area contributed by atoms with E-state index in [1.807, 2.05) is 0 Å². The number of carbonyl (C=O) groups is 2. The summed E-state index contributed by atoms with van der Waals surface area (Å²) in [6.07, 6.45) is 1.56. The first-order valence-corrected chi connectivity index (χ1v) is 12.6. The van der Waals surface area contributed by atoms with E-state index < -0.39 is 23.6 Å². The number of benzene rings is 2. The second kappa shape index (κ2) is 9.03. The fraction of sp³-hybridized carbons (Fsp3) is 0.556. The maximum absolute atomic E-state index is 14.2. The molecular weight excluding hydrogens is 457 g/mol. The van der Waals surface area contributed by atoms with Crippen molar-refractivity contribution in [2.45, 2.75) is 82.6 Å². The molecule has 2 saturated heterocycles. The van der Waals surface area contributed by atoms with Gasteiger partial charge in [0.2, 0.25) is 0 Å². The van der Waals surface area contributed by atoms with Crippen LogP contribution in [0.15, 0.2) is 30.3 Å². The van der Waals surface area contributed by atoms with Crippen molar-refractivity contribution in [2.75, 3.05) is 5.32 Å². The van der Waals surface area contributed by atoms with Gasteiger partial charge in [0, 0.05) is 29.4 Å². The van der Waals surface area contributed by atoms with Gasteiger partial charge in [-0.15, -0.1) is 0 Å². The Labute approximate surface area is 202 Å². The number of carboxylic acids is 1. The molecule has 0 spiro atoms. The predicted octanol–water partition coefficient (Wildman–Crippen LogP) is 6.32. The Kier molecular flexibility index (Phi) is 6.18. The molecule has 1 aliphatic carbocycles. The summed E-state index contributed by atoms with van der Waals surface area (Å²) in [4.78, 5) is 26.6. The van der Waals surface area contributed by atoms with Crippen molar-refractivity contribution in [1.82, 2.24) is 4.90 Å². The highest BCUT2D eigenvalue weighted by Gasteiger charge is 2.45. The molecule has 0 aromatic heterocycles. The number of fused-ring (bicyclic) bond motifs is 3. The molecule has 2 unspecified atom stereocenters. The quantitative estimate of drug-likeness (QED) is 0.529. The van der Waals surface area contributed by atoms with Gasteiger partial charge in [-0.25, -0.2) is 0 Å². The average Bonchev–Trinajstić information content (AvgIpc) is 3.07. The third-order valence-electron chi connectivity index (χ3n) is 8.24. The summed E-state index contributed by atoms with van der Waals surface area (Å²) in [5.74, 6) is -0.893. The van der Waals surface area contributed by atoms with Gasteiger partial charge in [-0.05, 0) is 86.3 Å². The average molecular weight is 489 g/mol. The molecule has 8 heteroatoms. The molecule has 3 aliphatic rings. The number of aliphatic carboxylic acids is 1. The van der Waals surface area contributed by atoms with Crippen molar-refractivity contribution in [3.8, 4) is 0 Å². The van der Waals surface area contributed by atoms with Gasteiger partial charge in [0.15, 0.2) is 0 Å². The summed E-state index contributed by atoms with van der Waals surface area (Å²) in [7, 11) is 0. The van der Waals surface area contributed by atoms with Crippen LogP contribution in [0, 0.1) is 11.8 Å². The molecule has 2 atom stereocenters. The Morgan fingerprint density at radius 3 is 2.23 bits per heavy atom. The summed E-state index contributed by atoms with van der Waals surface area (Å²) in [5.41, 5.74) is -0.245. The first-order valence-electron chi connectivity index (χ1n) is 12.6. The van der Waals surface area contributed by atoms with E-state index in [2.05, 4.69) is 12.2 Å². The number of carboxylic acid groups (broad SMARTS) is 1. The molecule has 188 valence electrons. The Hall–Kier alpha value is -2.77. The summed E-state index contributed by atoms with van der Waals surface area (Å²) in [6, 6.07) is 7.33. The Bertz CT molecular complexity index is 1130. The normalized spacial score (nSPS) is 28.8. The van der Waals surface area contributed by atoms with Crippen LogP contribution in [0.1, 0.15) is 74.2 Å². The van der Waals surface area contributed by atoms with Crippen molar-refractivity contribution < 1.29 is 27.9 Å². The van der Waals surface area contributed by atoms with Crippen LogP contribution >= 0.6 is 0 Å². The Balaban J connectivity index is 1.43. The second-order valence-corrected chi connectivity index (χ2v) is 10.6. The van der Waals surface area contributed by atoms with Gasteiger partial charge < -0.3 is 15.3 Å². The summed E-state index contributed by atoms with van der Waals surface area (Å²) < 4.78 is 42.6. The zero-order valence-electron chi connectivity index (χ0n) is 19.8. The second-order valence-electron chi connectivity index (χ2n) is 10.6. The summed E-state index contributed by atoms with van der Waals surface area (Å²) in [5, 5.41) is 13.0. The highest BCUT2D eigenvalue weighted by molar-refractivity contribution is 6.01. The number of nitrogens with zero attached hydrogens (tertiary/aromatic N) is 1. The van der Waals surface area contributed by atoms with Crippen LogP contribution in [0.4, 0.5) is 18.9 Å². The molecule has 5 rings (SSSR count). The standard InChI is InChI=1S/C27H31F3N2O3/c1-15-2-6-19(7-3-15)31-23-11-5-16-12-17(4-10-22(16)24(23)27(28,29)30)25(33)32-20-8-9-21(32)14-18(13-20)26(34)35/h4-5,10-12,15,18-21,31H,2-3,6-9,13-14H2,1H3,(H,34,35)/t15-,18?,19+,20?,21?. The van der Waals surface area contributed by atoms with E-state index in [0.29, 0.717) is 29.7 Å². The maximum Gasteiger partial charge on any atom is 0.418 e. The third kappa shape index (κ3) is 4.59. The molecule has 2 N–H and O–H groups in total. The van der Waals surface area contributed by atoms with E-state index in [0.717, 1.165) is 38.5 Å². The molecule has 5 nitrogen and oxygen atoms in total. The van der Waals surface area contributed by atoms with E-state index in [9.17, 15) is 27.9 Å². The Morgan fingerprint density at radius 2 is 1.63 bits per heavy atom. The number of hydrogen-bond acceptors (Lipinski definition) is 3. The number of hydrogen-bond donors (Lipinski definition) is 2. The molecule has 1 amide bonds. The van der Waals surface area contributed by atoms with Gasteiger partial charge in [0.05, 0.1) is 11.5 Å². The van der Waals surface area contributed by atoms with Gasteiger partial charge in [-0.1, -0.05) is 19.1 Å². The molecular formula is C27H31F3N2O3. The molecule has 2 aromatic carbocycles. The number of amides is 1. The van der Waals surface area contributed by atoms with E-state index in [1.165, 1.54) is 18.2 Å². The monoisotopic (exact) mass is 488 g/mol. The van der Waals surface area contributed by atoms with Crippen LogP contribution in [-0.2, 0) is 11.0 Å². The lowest BCUT2D eigenvalue weighted by atomic mass is 9.87. The molecule has 2 aliphatic heterocycles. The van der Waals surface area contributed by atoms with Crippen LogP contribution in [0.5, 0.6) is 0 Å². The number of piperidine rings is 1. The van der Waals surface area contributed by atoms with E-state index in [-0.39, 0.29) is 35.1 Å². The smallest absolute Gasteiger partial charge is 0.418 e. The van der Waals surface area contributed by atoms with Crippen LogP contribution in [0.3, 0.4) is 0 Å². The topological polar surface area (TPSA) is 69.6 Å². The van der Waals surface area contributed by atoms with Crippen LogP contribution < -0.4 is 5.32 Å². The van der Waals surface area contributed by atoms with Crippen molar-refractivity contribution >= 4 is 28.3 Å². The summed E-state index contributed by atoms with van der Waals surface area (Å²) >= 11 is 0. The molecule has 2 aromatic rings. The van der Waals surface area contributed by atoms with E-state index in [4.69, 9.17) is 0 Å². The van der Waals surface area contributed by atoms with Crippen LogP contribution in [0.2, 0.25) is 0 Å². The summed E-state index contributed by atoms with van der Waals surface area (Å²) in [6.45, 7) is 2.17. The van der Waals surface area contributed by atoms with Crippen LogP contribution in [-0.4, -0.2) is 40.0 Å². The lowest BCUT2D eigenvalue weighted by Crippen LogP contribution is -2.47. The predicted molar refractivity (Wildman–Crippen MR) is 127 cm³/mol. The van der Waals surface area contributed by atoms with Crippen molar-refractivity contribution in [3.63, 3.8) is 0 Å². The lowest BCUT2D eigenvalue weighted by Gasteiger charge is -2.37. The lowest BCUT2D eigenvalue weighted by molar-refractivity contribution is -0.144. The first-order chi connectivity index (χ1) is 16.6. The fourth-order valence-corrected chi connectivity index (χ4v) is 6.37. The van der Waals surface area contributed by atoms with Crippen molar-refractivity contribution in [2.24, 2.45) is 11.8 Å². The number of halogens is 3. The minimum atomic E-state index is -4.53. The molecule has 2 heterocycles. The largest absolute Gasteiger partial charge is 0.481 e. The molecule has 35 heavy (non-hydrogen) atoms. The van der Waals surface area contributed by atoms with Crippen molar-refractivity contribution in [1.29, 1.82) is 0 Å². The number of alkyl halides is 3. The van der Waals surface area contributed by atoms with Crippen LogP contribution in [0.25, 0.3) is 10.8 Å². The first kappa shape index (κ1) is 23.9. The van der Waals surface area contributed by atoms with Gasteiger partial charge in [-0.2, -0.15) is 13.2 Å². The fourth-order valence-electron chi connectivity index (χ4n) is 6.37. The Morgan fingerprint density at radius 1 is 0.971 bits per heavy atom.